The second kappa shape index (κ2) is 6.20. The Morgan fingerprint density at radius 1 is 1.16 bits per heavy atom. The Kier molecular flexibility index (Phi) is 4.36. The van der Waals surface area contributed by atoms with E-state index >= 15 is 0 Å². The summed E-state index contributed by atoms with van der Waals surface area (Å²) < 4.78 is 10.8. The molecule has 1 N–H and O–H groups in total. The predicted molar refractivity (Wildman–Crippen MR) is 74.8 cm³/mol. The fourth-order valence-corrected chi connectivity index (χ4v) is 1.66. The Morgan fingerprint density at radius 2 is 1.95 bits per heavy atom. The van der Waals surface area contributed by atoms with Crippen LogP contribution in [0.2, 0.25) is 0 Å². The Morgan fingerprint density at radius 3 is 2.58 bits per heavy atom. The van der Waals surface area contributed by atoms with Crippen LogP contribution in [0.15, 0.2) is 42.6 Å². The highest BCUT2D eigenvalue weighted by atomic mass is 16.5. The highest BCUT2D eigenvalue weighted by Gasteiger charge is 2.04. The van der Waals surface area contributed by atoms with Gasteiger partial charge in [-0.3, -0.25) is 0 Å². The minimum Gasteiger partial charge on any atom is -0.497 e. The topological polar surface area (TPSA) is 43.4 Å². The van der Waals surface area contributed by atoms with Gasteiger partial charge in [-0.1, -0.05) is 12.1 Å². The molecule has 0 aliphatic rings. The van der Waals surface area contributed by atoms with E-state index in [1.54, 1.807) is 7.11 Å². The van der Waals surface area contributed by atoms with Gasteiger partial charge in [0.1, 0.15) is 11.5 Å². The Bertz CT molecular complexity index is 526. The van der Waals surface area contributed by atoms with Crippen molar-refractivity contribution < 1.29 is 9.47 Å². The molecule has 0 aliphatic carbocycles. The molecule has 1 aromatic carbocycles. The second-order valence-electron chi connectivity index (χ2n) is 4.22. The van der Waals surface area contributed by atoms with Gasteiger partial charge in [-0.25, -0.2) is 4.98 Å². The molecule has 2 aromatic rings. The van der Waals surface area contributed by atoms with E-state index in [-0.39, 0.29) is 6.04 Å². The summed E-state index contributed by atoms with van der Waals surface area (Å²) in [6.45, 7) is 2.08. The molecule has 2 rings (SSSR count). The predicted octanol–water partition coefficient (Wildman–Crippen LogP) is 3.16. The van der Waals surface area contributed by atoms with Crippen LogP contribution in [-0.4, -0.2) is 19.1 Å². The number of ether oxygens (including phenoxy) is 2. The maximum Gasteiger partial charge on any atom is 0.219 e. The van der Waals surface area contributed by atoms with Gasteiger partial charge in [-0.05, 0) is 31.7 Å². The maximum atomic E-state index is 5.68. The summed E-state index contributed by atoms with van der Waals surface area (Å²) in [6.07, 6.45) is 1.82. The molecular weight excluding hydrogens is 240 g/mol. The van der Waals surface area contributed by atoms with Gasteiger partial charge in [0.2, 0.25) is 5.88 Å². The number of nitrogens with one attached hydrogen (secondary N) is 1. The summed E-state index contributed by atoms with van der Waals surface area (Å²) in [5.41, 5.74) is 1.13. The molecule has 4 heteroatoms. The molecule has 19 heavy (non-hydrogen) atoms. The van der Waals surface area contributed by atoms with E-state index in [1.807, 2.05) is 49.6 Å². The van der Waals surface area contributed by atoms with E-state index in [1.165, 1.54) is 0 Å². The molecule has 1 atom stereocenters. The quantitative estimate of drug-likeness (QED) is 0.894. The van der Waals surface area contributed by atoms with E-state index in [0.717, 1.165) is 11.3 Å². The SMILES string of the molecule is CNC(C)c1ccc(Oc2cccc(OC)c2)nc1. The lowest BCUT2D eigenvalue weighted by Crippen LogP contribution is -2.12. The first-order valence-electron chi connectivity index (χ1n) is 6.18. The van der Waals surface area contributed by atoms with Crippen molar-refractivity contribution in [1.82, 2.24) is 10.3 Å². The monoisotopic (exact) mass is 258 g/mol. The Hall–Kier alpha value is -2.07. The molecule has 4 nitrogen and oxygen atoms in total. The van der Waals surface area contributed by atoms with Crippen LogP contribution in [-0.2, 0) is 0 Å². The molecule has 0 fully saturated rings. The van der Waals surface area contributed by atoms with Crippen molar-refractivity contribution in [3.05, 3.63) is 48.2 Å². The molecule has 0 saturated heterocycles. The summed E-state index contributed by atoms with van der Waals surface area (Å²) in [6, 6.07) is 11.6. The van der Waals surface area contributed by atoms with Crippen LogP contribution in [0.1, 0.15) is 18.5 Å². The number of benzene rings is 1. The van der Waals surface area contributed by atoms with Gasteiger partial charge in [-0.2, -0.15) is 0 Å². The summed E-state index contributed by atoms with van der Waals surface area (Å²) in [5.74, 6) is 2.04. The van der Waals surface area contributed by atoms with Crippen molar-refractivity contribution in [3.63, 3.8) is 0 Å². The van der Waals surface area contributed by atoms with Gasteiger partial charge in [0.15, 0.2) is 0 Å². The van der Waals surface area contributed by atoms with Crippen LogP contribution in [0.25, 0.3) is 0 Å². The fourth-order valence-electron chi connectivity index (χ4n) is 1.66. The Balaban J connectivity index is 2.10. The molecule has 0 aliphatic heterocycles. The van der Waals surface area contributed by atoms with E-state index in [0.29, 0.717) is 11.6 Å². The van der Waals surface area contributed by atoms with Crippen LogP contribution >= 0.6 is 0 Å². The van der Waals surface area contributed by atoms with Gasteiger partial charge in [0.05, 0.1) is 7.11 Å². The van der Waals surface area contributed by atoms with Gasteiger partial charge >= 0.3 is 0 Å². The molecule has 0 radical (unpaired) electrons. The average molecular weight is 258 g/mol. The first kappa shape index (κ1) is 13.4. The molecular formula is C15H18N2O2. The Labute approximate surface area is 113 Å². The van der Waals surface area contributed by atoms with Gasteiger partial charge in [0, 0.05) is 24.4 Å². The average Bonchev–Trinajstić information content (AvgIpc) is 2.47. The molecule has 0 bridgehead atoms. The summed E-state index contributed by atoms with van der Waals surface area (Å²) in [5, 5.41) is 3.17. The fraction of sp³-hybridized carbons (Fsp3) is 0.267. The highest BCUT2D eigenvalue weighted by molar-refractivity contribution is 5.35. The summed E-state index contributed by atoms with van der Waals surface area (Å²) in [7, 11) is 3.55. The lowest BCUT2D eigenvalue weighted by atomic mass is 10.1. The number of nitrogens with zero attached hydrogens (tertiary/aromatic N) is 1. The molecule has 100 valence electrons. The van der Waals surface area contributed by atoms with Crippen LogP contribution in [0, 0.1) is 0 Å². The zero-order chi connectivity index (χ0) is 13.7. The van der Waals surface area contributed by atoms with Crippen molar-refractivity contribution in [1.29, 1.82) is 0 Å². The van der Waals surface area contributed by atoms with Gasteiger partial charge in [-0.15, -0.1) is 0 Å². The number of aromatic nitrogens is 1. The van der Waals surface area contributed by atoms with E-state index in [9.17, 15) is 0 Å². The van der Waals surface area contributed by atoms with Crippen molar-refractivity contribution in [2.75, 3.05) is 14.2 Å². The molecule has 1 heterocycles. The maximum absolute atomic E-state index is 5.68. The smallest absolute Gasteiger partial charge is 0.219 e. The summed E-state index contributed by atoms with van der Waals surface area (Å²) in [4.78, 5) is 4.30. The van der Waals surface area contributed by atoms with E-state index < -0.39 is 0 Å². The zero-order valence-electron chi connectivity index (χ0n) is 11.4. The summed E-state index contributed by atoms with van der Waals surface area (Å²) >= 11 is 0. The molecule has 1 unspecified atom stereocenters. The van der Waals surface area contributed by atoms with E-state index in [2.05, 4.69) is 17.2 Å². The molecule has 0 amide bonds. The normalized spacial score (nSPS) is 11.9. The van der Waals surface area contributed by atoms with Crippen molar-refractivity contribution in [3.8, 4) is 17.4 Å². The van der Waals surface area contributed by atoms with Crippen molar-refractivity contribution in [2.24, 2.45) is 0 Å². The second-order valence-corrected chi connectivity index (χ2v) is 4.22. The lowest BCUT2D eigenvalue weighted by Gasteiger charge is -2.11. The lowest BCUT2D eigenvalue weighted by molar-refractivity contribution is 0.407. The highest BCUT2D eigenvalue weighted by Crippen LogP contribution is 2.24. The van der Waals surface area contributed by atoms with Gasteiger partial charge < -0.3 is 14.8 Å². The number of pyridine rings is 1. The third-order valence-electron chi connectivity index (χ3n) is 2.96. The van der Waals surface area contributed by atoms with Crippen molar-refractivity contribution in [2.45, 2.75) is 13.0 Å². The first-order chi connectivity index (χ1) is 9.22. The largest absolute Gasteiger partial charge is 0.497 e. The minimum absolute atomic E-state index is 0.276. The van der Waals surface area contributed by atoms with Crippen LogP contribution in [0.3, 0.4) is 0 Å². The van der Waals surface area contributed by atoms with Crippen LogP contribution < -0.4 is 14.8 Å². The van der Waals surface area contributed by atoms with Crippen LogP contribution in [0.4, 0.5) is 0 Å². The van der Waals surface area contributed by atoms with Gasteiger partial charge in [0.25, 0.3) is 0 Å². The number of rotatable bonds is 5. The third-order valence-corrected chi connectivity index (χ3v) is 2.96. The number of hydrogen-bond acceptors (Lipinski definition) is 4. The molecule has 0 saturated carbocycles. The molecule has 1 aromatic heterocycles. The standard InChI is InChI=1S/C15H18N2O2/c1-11(16-2)12-7-8-15(17-10-12)19-14-6-4-5-13(9-14)18-3/h4-11,16H,1-3H3. The van der Waals surface area contributed by atoms with E-state index in [4.69, 9.17) is 9.47 Å². The number of hydrogen-bond donors (Lipinski definition) is 1. The first-order valence-corrected chi connectivity index (χ1v) is 6.18. The molecule has 0 spiro atoms. The number of methoxy groups -OCH3 is 1. The third kappa shape index (κ3) is 3.45. The zero-order valence-corrected chi connectivity index (χ0v) is 11.4. The minimum atomic E-state index is 0.276. The van der Waals surface area contributed by atoms with Crippen molar-refractivity contribution >= 4 is 0 Å². The van der Waals surface area contributed by atoms with Crippen LogP contribution in [0.5, 0.6) is 17.4 Å².